The molecule has 0 radical (unpaired) electrons. The predicted molar refractivity (Wildman–Crippen MR) is 99.8 cm³/mol. The molecule has 2 heterocycles. The Balaban J connectivity index is 1.83. The lowest BCUT2D eigenvalue weighted by molar-refractivity contribution is -0.116. The molecule has 2 aromatic carbocycles. The van der Waals surface area contributed by atoms with Crippen molar-refractivity contribution in [3.8, 4) is 23.0 Å². The number of halogens is 1. The van der Waals surface area contributed by atoms with Gasteiger partial charge >= 0.3 is 0 Å². The molecule has 4 rings (SSSR count). The van der Waals surface area contributed by atoms with E-state index in [-0.39, 0.29) is 11.8 Å². The molecule has 26 heavy (non-hydrogen) atoms. The quantitative estimate of drug-likeness (QED) is 0.820. The number of hydrogen-bond acceptors (Lipinski definition) is 5. The molecule has 0 aliphatic carbocycles. The minimum Gasteiger partial charge on any atom is -0.493 e. The highest BCUT2D eigenvalue weighted by atomic mass is 79.9. The maximum Gasteiger partial charge on any atom is 0.225 e. The van der Waals surface area contributed by atoms with Crippen molar-refractivity contribution in [2.45, 2.75) is 12.3 Å². The summed E-state index contributed by atoms with van der Waals surface area (Å²) in [5, 5.41) is 2.93. The maximum absolute atomic E-state index is 12.3. The van der Waals surface area contributed by atoms with E-state index < -0.39 is 0 Å². The van der Waals surface area contributed by atoms with Gasteiger partial charge in [0.2, 0.25) is 5.91 Å². The van der Waals surface area contributed by atoms with Crippen molar-refractivity contribution in [2.24, 2.45) is 0 Å². The fraction of sp³-hybridized carbons (Fsp3) is 0.316. The molecule has 2 aliphatic heterocycles. The molecule has 0 saturated carbocycles. The van der Waals surface area contributed by atoms with Crippen molar-refractivity contribution in [1.29, 1.82) is 0 Å². The summed E-state index contributed by atoms with van der Waals surface area (Å²) in [5.74, 6) is 2.44. The number of carbonyl (C=O) groups is 1. The monoisotopic (exact) mass is 419 g/mol. The Labute approximate surface area is 159 Å². The van der Waals surface area contributed by atoms with Crippen LogP contribution in [0.25, 0.3) is 0 Å². The average molecular weight is 420 g/mol. The zero-order valence-corrected chi connectivity index (χ0v) is 16.0. The first-order chi connectivity index (χ1) is 12.6. The third-order valence-corrected chi connectivity index (χ3v) is 5.20. The molecular formula is C19H18BrNO5. The van der Waals surface area contributed by atoms with E-state index in [1.54, 1.807) is 14.2 Å². The van der Waals surface area contributed by atoms with Gasteiger partial charge in [0, 0.05) is 24.1 Å². The molecule has 1 amide bonds. The number of rotatable bonds is 3. The van der Waals surface area contributed by atoms with Gasteiger partial charge in [-0.2, -0.15) is 0 Å². The lowest BCUT2D eigenvalue weighted by atomic mass is 9.84. The predicted octanol–water partition coefficient (Wildman–Crippen LogP) is 3.71. The van der Waals surface area contributed by atoms with E-state index in [9.17, 15) is 4.79 Å². The van der Waals surface area contributed by atoms with Crippen molar-refractivity contribution in [1.82, 2.24) is 0 Å². The van der Waals surface area contributed by atoms with Crippen LogP contribution in [0.5, 0.6) is 23.0 Å². The van der Waals surface area contributed by atoms with E-state index >= 15 is 0 Å². The zero-order chi connectivity index (χ0) is 18.3. The van der Waals surface area contributed by atoms with E-state index in [2.05, 4.69) is 21.2 Å². The number of carbonyl (C=O) groups excluding carboxylic acids is 1. The van der Waals surface area contributed by atoms with Crippen LogP contribution in [0.15, 0.2) is 28.7 Å². The number of anilines is 1. The second kappa shape index (κ2) is 6.72. The highest BCUT2D eigenvalue weighted by Crippen LogP contribution is 2.46. The molecule has 0 bridgehead atoms. The van der Waals surface area contributed by atoms with Crippen LogP contribution in [0.2, 0.25) is 0 Å². The summed E-state index contributed by atoms with van der Waals surface area (Å²) in [6.07, 6.45) is 0.342. The van der Waals surface area contributed by atoms with Crippen LogP contribution in [-0.4, -0.2) is 33.3 Å². The molecular weight excluding hydrogens is 402 g/mol. The van der Waals surface area contributed by atoms with Crippen LogP contribution < -0.4 is 24.3 Å². The van der Waals surface area contributed by atoms with Gasteiger partial charge in [0.15, 0.2) is 23.0 Å². The topological polar surface area (TPSA) is 66.0 Å². The molecule has 0 fully saturated rings. The minimum absolute atomic E-state index is 0.0370. The van der Waals surface area contributed by atoms with Crippen molar-refractivity contribution < 1.29 is 23.7 Å². The first-order valence-corrected chi connectivity index (χ1v) is 9.05. The molecule has 6 nitrogen and oxygen atoms in total. The summed E-state index contributed by atoms with van der Waals surface area (Å²) < 4.78 is 23.0. The number of methoxy groups -OCH3 is 2. The fourth-order valence-electron chi connectivity index (χ4n) is 3.43. The molecule has 0 saturated heterocycles. The van der Waals surface area contributed by atoms with Crippen LogP contribution in [-0.2, 0) is 4.79 Å². The Morgan fingerprint density at radius 1 is 1.08 bits per heavy atom. The number of nitrogens with one attached hydrogen (secondary N) is 1. The number of hydrogen-bond donors (Lipinski definition) is 1. The first-order valence-electron chi connectivity index (χ1n) is 8.25. The largest absolute Gasteiger partial charge is 0.493 e. The smallest absolute Gasteiger partial charge is 0.225 e. The fourth-order valence-corrected chi connectivity index (χ4v) is 4.06. The summed E-state index contributed by atoms with van der Waals surface area (Å²) >= 11 is 3.53. The number of amides is 1. The Morgan fingerprint density at radius 3 is 2.50 bits per heavy atom. The van der Waals surface area contributed by atoms with E-state index in [1.165, 1.54) is 0 Å². The highest BCUT2D eigenvalue weighted by molar-refractivity contribution is 9.10. The van der Waals surface area contributed by atoms with Gasteiger partial charge in [0.05, 0.1) is 18.7 Å². The molecule has 1 atom stereocenters. The van der Waals surface area contributed by atoms with Gasteiger partial charge in [-0.25, -0.2) is 0 Å². The van der Waals surface area contributed by atoms with E-state index in [1.807, 2.05) is 24.3 Å². The normalized spacial score (nSPS) is 18.0. The molecule has 2 aromatic rings. The van der Waals surface area contributed by atoms with E-state index in [4.69, 9.17) is 18.9 Å². The molecule has 0 spiro atoms. The van der Waals surface area contributed by atoms with Crippen molar-refractivity contribution in [3.05, 3.63) is 39.9 Å². The lowest BCUT2D eigenvalue weighted by Gasteiger charge is -2.29. The second-order valence-corrected chi connectivity index (χ2v) is 6.98. The van der Waals surface area contributed by atoms with Crippen LogP contribution >= 0.6 is 15.9 Å². The summed E-state index contributed by atoms with van der Waals surface area (Å²) in [4.78, 5) is 12.3. The molecule has 0 unspecified atom stereocenters. The third-order valence-electron chi connectivity index (χ3n) is 4.61. The van der Waals surface area contributed by atoms with Gasteiger partial charge in [-0.05, 0) is 45.3 Å². The number of benzene rings is 2. The van der Waals surface area contributed by atoms with E-state index in [0.29, 0.717) is 42.6 Å². The second-order valence-electron chi connectivity index (χ2n) is 6.13. The number of ether oxygens (including phenoxy) is 4. The molecule has 0 aromatic heterocycles. The van der Waals surface area contributed by atoms with E-state index in [0.717, 1.165) is 21.3 Å². The van der Waals surface area contributed by atoms with Gasteiger partial charge in [-0.3, -0.25) is 4.79 Å². The SMILES string of the molecule is COc1cc([C@H]2CC(=O)Nc3cc4c(cc32)OCCO4)cc(Br)c1OC. The molecule has 136 valence electrons. The zero-order valence-electron chi connectivity index (χ0n) is 14.4. The van der Waals surface area contributed by atoms with Crippen LogP contribution in [0.4, 0.5) is 5.69 Å². The third kappa shape index (κ3) is 2.86. The summed E-state index contributed by atoms with van der Waals surface area (Å²) in [6.45, 7) is 1.02. The standard InChI is InChI=1S/C19H18BrNO5/c1-23-17-6-10(5-13(20)19(17)24-2)11-8-18(22)21-14-9-16-15(7-12(11)14)25-3-4-26-16/h5-7,9,11H,3-4,8H2,1-2H3,(H,21,22)/t11-/m1/s1. The Morgan fingerprint density at radius 2 is 1.81 bits per heavy atom. The van der Waals surface area contributed by atoms with Crippen molar-refractivity contribution >= 4 is 27.5 Å². The Hall–Kier alpha value is -2.41. The van der Waals surface area contributed by atoms with Crippen LogP contribution in [0, 0.1) is 0 Å². The van der Waals surface area contributed by atoms with Crippen LogP contribution in [0.1, 0.15) is 23.5 Å². The summed E-state index contributed by atoms with van der Waals surface area (Å²) in [6, 6.07) is 7.67. The molecule has 2 aliphatic rings. The van der Waals surface area contributed by atoms with Gasteiger partial charge in [-0.1, -0.05) is 0 Å². The van der Waals surface area contributed by atoms with Crippen molar-refractivity contribution in [3.63, 3.8) is 0 Å². The summed E-state index contributed by atoms with van der Waals surface area (Å²) in [5.41, 5.74) is 2.71. The van der Waals surface area contributed by atoms with Gasteiger partial charge < -0.3 is 24.3 Å². The van der Waals surface area contributed by atoms with Gasteiger partial charge in [0.1, 0.15) is 13.2 Å². The van der Waals surface area contributed by atoms with Crippen molar-refractivity contribution in [2.75, 3.05) is 32.8 Å². The lowest BCUT2D eigenvalue weighted by Crippen LogP contribution is -2.25. The van der Waals surface area contributed by atoms with Gasteiger partial charge in [-0.15, -0.1) is 0 Å². The first kappa shape index (κ1) is 17.0. The van der Waals surface area contributed by atoms with Crippen LogP contribution in [0.3, 0.4) is 0 Å². The molecule has 7 heteroatoms. The summed E-state index contributed by atoms with van der Waals surface area (Å²) in [7, 11) is 3.19. The Bertz CT molecular complexity index is 883. The molecule has 1 N–H and O–H groups in total. The minimum atomic E-state index is -0.120. The van der Waals surface area contributed by atoms with Gasteiger partial charge in [0.25, 0.3) is 0 Å². The highest BCUT2D eigenvalue weighted by Gasteiger charge is 2.30. The average Bonchev–Trinajstić information content (AvgIpc) is 2.65. The maximum atomic E-state index is 12.3. The Kier molecular flexibility index (Phi) is 4.40. The number of fused-ring (bicyclic) bond motifs is 2.